The summed E-state index contributed by atoms with van der Waals surface area (Å²) in [5, 5.41) is 18.4. The van der Waals surface area contributed by atoms with Gasteiger partial charge in [-0.2, -0.15) is 5.26 Å². The Balaban J connectivity index is 2.93. The van der Waals surface area contributed by atoms with Gasteiger partial charge in [0.25, 0.3) is 5.91 Å². The fourth-order valence-electron chi connectivity index (χ4n) is 2.17. The molecule has 1 unspecified atom stereocenters. The number of allylic oxidation sites excluding steroid dienone is 1. The van der Waals surface area contributed by atoms with Crippen molar-refractivity contribution in [1.29, 1.82) is 5.26 Å². The van der Waals surface area contributed by atoms with Crippen LogP contribution in [0.2, 0.25) is 0 Å². The molecule has 0 spiro atoms. The van der Waals surface area contributed by atoms with Crippen molar-refractivity contribution in [2.24, 2.45) is 5.92 Å². The Morgan fingerprint density at radius 1 is 1.65 bits per heavy atom. The van der Waals surface area contributed by atoms with E-state index in [9.17, 15) is 9.90 Å². The third-order valence-electron chi connectivity index (χ3n) is 3.19. The van der Waals surface area contributed by atoms with Crippen molar-refractivity contribution in [3.63, 3.8) is 0 Å². The highest BCUT2D eigenvalue weighted by Crippen LogP contribution is 2.29. The van der Waals surface area contributed by atoms with E-state index >= 15 is 0 Å². The summed E-state index contributed by atoms with van der Waals surface area (Å²) in [5.74, 6) is -0.0909. The summed E-state index contributed by atoms with van der Waals surface area (Å²) in [6, 6.07) is 1.96. The number of amides is 1. The average Bonchev–Trinajstić information content (AvgIpc) is 2.67. The van der Waals surface area contributed by atoms with Gasteiger partial charge in [0.1, 0.15) is 11.6 Å². The predicted octanol–water partition coefficient (Wildman–Crippen LogP) is 1.47. The minimum absolute atomic E-state index is 0.0564. The molecule has 0 radical (unpaired) electrons. The molecule has 1 heterocycles. The van der Waals surface area contributed by atoms with Crippen LogP contribution in [0.25, 0.3) is 0 Å². The summed E-state index contributed by atoms with van der Waals surface area (Å²) in [4.78, 5) is 13.8. The molecule has 1 fully saturated rings. The number of aliphatic hydroxyl groups excluding tert-OH is 1. The van der Waals surface area contributed by atoms with E-state index in [0.717, 1.165) is 12.8 Å². The third-order valence-corrected chi connectivity index (χ3v) is 3.19. The number of aliphatic hydroxyl groups is 1. The largest absolute Gasteiger partial charge is 0.394 e. The Morgan fingerprint density at radius 3 is 2.76 bits per heavy atom. The number of hydrogen-bond acceptors (Lipinski definition) is 3. The van der Waals surface area contributed by atoms with Crippen LogP contribution in [-0.4, -0.2) is 34.6 Å². The number of hydrogen-bond donors (Lipinski definition) is 1. The van der Waals surface area contributed by atoms with Crippen molar-refractivity contribution in [2.75, 3.05) is 13.2 Å². The molecule has 94 valence electrons. The highest BCUT2D eigenvalue weighted by atomic mass is 16.3. The first-order chi connectivity index (χ1) is 7.94. The predicted molar refractivity (Wildman–Crippen MR) is 65.0 cm³/mol. The van der Waals surface area contributed by atoms with E-state index in [1.165, 1.54) is 0 Å². The minimum Gasteiger partial charge on any atom is -0.394 e. The van der Waals surface area contributed by atoms with Crippen LogP contribution in [0.15, 0.2) is 11.6 Å². The van der Waals surface area contributed by atoms with Crippen LogP contribution in [0, 0.1) is 17.2 Å². The van der Waals surface area contributed by atoms with E-state index in [2.05, 4.69) is 0 Å². The van der Waals surface area contributed by atoms with Gasteiger partial charge < -0.3 is 10.0 Å². The molecule has 1 saturated heterocycles. The summed E-state index contributed by atoms with van der Waals surface area (Å²) in [6.07, 6.45) is 3.34. The van der Waals surface area contributed by atoms with E-state index in [1.807, 2.05) is 26.8 Å². The van der Waals surface area contributed by atoms with Crippen LogP contribution in [0.4, 0.5) is 0 Å². The van der Waals surface area contributed by atoms with Crippen LogP contribution < -0.4 is 0 Å². The second-order valence-electron chi connectivity index (χ2n) is 5.15. The number of rotatable bonds is 3. The molecule has 0 aromatic carbocycles. The lowest BCUT2D eigenvalue weighted by Gasteiger charge is -2.33. The maximum atomic E-state index is 12.2. The van der Waals surface area contributed by atoms with Crippen molar-refractivity contribution in [1.82, 2.24) is 4.90 Å². The fraction of sp³-hybridized carbons (Fsp3) is 0.692. The first-order valence-electron chi connectivity index (χ1n) is 5.99. The quantitative estimate of drug-likeness (QED) is 0.596. The van der Waals surface area contributed by atoms with Crippen molar-refractivity contribution in [3.05, 3.63) is 11.6 Å². The zero-order chi connectivity index (χ0) is 13.1. The topological polar surface area (TPSA) is 64.3 Å². The van der Waals surface area contributed by atoms with Crippen molar-refractivity contribution < 1.29 is 9.90 Å². The molecule has 0 aromatic heterocycles. The number of nitrogens with zero attached hydrogens (tertiary/aromatic N) is 2. The number of likely N-dealkylation sites (tertiary alicyclic amines) is 1. The Bertz CT molecular complexity index is 368. The normalized spacial score (nSPS) is 25.2. The van der Waals surface area contributed by atoms with Crippen molar-refractivity contribution in [3.8, 4) is 6.07 Å². The van der Waals surface area contributed by atoms with Crippen LogP contribution in [0.3, 0.4) is 0 Å². The van der Waals surface area contributed by atoms with Crippen LogP contribution in [0.1, 0.15) is 33.6 Å². The zero-order valence-corrected chi connectivity index (χ0v) is 10.7. The monoisotopic (exact) mass is 236 g/mol. The summed E-state index contributed by atoms with van der Waals surface area (Å²) in [7, 11) is 0. The molecule has 4 nitrogen and oxygen atoms in total. The summed E-state index contributed by atoms with van der Waals surface area (Å²) < 4.78 is 0. The van der Waals surface area contributed by atoms with Crippen molar-refractivity contribution in [2.45, 2.75) is 39.2 Å². The lowest BCUT2D eigenvalue weighted by atomic mass is 9.99. The van der Waals surface area contributed by atoms with Crippen LogP contribution in [0.5, 0.6) is 0 Å². The first kappa shape index (κ1) is 13.7. The molecule has 1 atom stereocenters. The van der Waals surface area contributed by atoms with Gasteiger partial charge in [-0.05, 0) is 25.7 Å². The van der Waals surface area contributed by atoms with Gasteiger partial charge in [0.15, 0.2) is 0 Å². The average molecular weight is 236 g/mol. The van der Waals surface area contributed by atoms with E-state index in [-0.39, 0.29) is 24.0 Å². The molecule has 0 aliphatic carbocycles. The Morgan fingerprint density at radius 2 is 2.29 bits per heavy atom. The van der Waals surface area contributed by atoms with Crippen LogP contribution in [-0.2, 0) is 4.79 Å². The molecule has 1 aliphatic rings. The van der Waals surface area contributed by atoms with E-state index in [4.69, 9.17) is 5.26 Å². The highest BCUT2D eigenvalue weighted by molar-refractivity contribution is 5.97. The second kappa shape index (κ2) is 5.33. The Kier molecular flexibility index (Phi) is 4.30. The molecule has 0 saturated carbocycles. The first-order valence-corrected chi connectivity index (χ1v) is 5.99. The van der Waals surface area contributed by atoms with E-state index in [1.54, 1.807) is 11.0 Å². The molecule has 0 aromatic rings. The lowest BCUT2D eigenvalue weighted by Crippen LogP contribution is -2.48. The number of carbonyl (C=O) groups is 1. The van der Waals surface area contributed by atoms with Gasteiger partial charge >= 0.3 is 0 Å². The van der Waals surface area contributed by atoms with E-state index < -0.39 is 5.54 Å². The van der Waals surface area contributed by atoms with Crippen molar-refractivity contribution >= 4 is 5.91 Å². The van der Waals surface area contributed by atoms with E-state index in [0.29, 0.717) is 6.54 Å². The molecular formula is C13H20N2O2. The second-order valence-corrected chi connectivity index (χ2v) is 5.15. The van der Waals surface area contributed by atoms with Gasteiger partial charge in [-0.3, -0.25) is 4.79 Å². The number of nitriles is 1. The van der Waals surface area contributed by atoms with Gasteiger partial charge in [-0.1, -0.05) is 19.9 Å². The summed E-state index contributed by atoms with van der Waals surface area (Å²) >= 11 is 0. The fourth-order valence-corrected chi connectivity index (χ4v) is 2.17. The smallest absolute Gasteiger partial charge is 0.264 e. The molecule has 17 heavy (non-hydrogen) atoms. The van der Waals surface area contributed by atoms with Gasteiger partial charge in [-0.15, -0.1) is 0 Å². The molecule has 0 bridgehead atoms. The van der Waals surface area contributed by atoms with Gasteiger partial charge in [-0.25, -0.2) is 0 Å². The van der Waals surface area contributed by atoms with Crippen LogP contribution >= 0.6 is 0 Å². The summed E-state index contributed by atoms with van der Waals surface area (Å²) in [5.41, 5.74) is -0.328. The minimum atomic E-state index is -0.510. The third kappa shape index (κ3) is 2.86. The number of carbonyl (C=O) groups excluding carboxylic acids is 1. The molecule has 1 aliphatic heterocycles. The Hall–Kier alpha value is -1.34. The van der Waals surface area contributed by atoms with Gasteiger partial charge in [0, 0.05) is 6.54 Å². The zero-order valence-electron chi connectivity index (χ0n) is 10.7. The van der Waals surface area contributed by atoms with Gasteiger partial charge in [0.05, 0.1) is 12.1 Å². The standard InChI is InChI=1S/C13H20N2O2/c1-10(2)7-11(8-14)12(17)15-6-4-5-13(15,3)9-16/h7,10,16H,4-6,9H2,1-3H3. The lowest BCUT2D eigenvalue weighted by molar-refractivity contribution is -0.131. The van der Waals surface area contributed by atoms with Gasteiger partial charge in [0.2, 0.25) is 0 Å². The maximum absolute atomic E-state index is 12.2. The molecule has 1 N–H and O–H groups in total. The molecule has 1 rings (SSSR count). The maximum Gasteiger partial charge on any atom is 0.264 e. The highest BCUT2D eigenvalue weighted by Gasteiger charge is 2.39. The molecule has 1 amide bonds. The Labute approximate surface area is 103 Å². The molecule has 4 heteroatoms. The molecular weight excluding hydrogens is 216 g/mol. The SMILES string of the molecule is CC(C)C=C(C#N)C(=O)N1CCCC1(C)CO. The summed E-state index contributed by atoms with van der Waals surface area (Å²) in [6.45, 7) is 6.29.